The molecule has 2 aromatic heterocycles. The van der Waals surface area contributed by atoms with Crippen LogP contribution < -0.4 is 12.4 Å². The van der Waals surface area contributed by atoms with Crippen LogP contribution in [0.1, 0.15) is 22.5 Å². The van der Waals surface area contributed by atoms with E-state index in [1.165, 1.54) is 5.69 Å². The Kier molecular flexibility index (Phi) is 6.31. The van der Waals surface area contributed by atoms with Crippen molar-refractivity contribution < 1.29 is 28.2 Å². The van der Waals surface area contributed by atoms with E-state index < -0.39 is 0 Å². The number of nitrogens with zero attached hydrogens (tertiary/aromatic N) is 3. The predicted octanol–water partition coefficient (Wildman–Crippen LogP) is -1.83. The second-order valence-electron chi connectivity index (χ2n) is 5.76. The van der Waals surface area contributed by atoms with Gasteiger partial charge in [-0.05, 0) is 18.9 Å². The van der Waals surface area contributed by atoms with Crippen molar-refractivity contribution in [1.29, 1.82) is 0 Å². The second-order valence-corrected chi connectivity index (χ2v) is 5.76. The van der Waals surface area contributed by atoms with Gasteiger partial charge in [0.05, 0.1) is 6.33 Å². The van der Waals surface area contributed by atoms with Gasteiger partial charge in [-0.2, -0.15) is 0 Å². The van der Waals surface area contributed by atoms with Crippen molar-refractivity contribution in [2.45, 2.75) is 19.4 Å². The molecule has 4 rings (SSSR count). The van der Waals surface area contributed by atoms with Crippen LogP contribution in [-0.2, 0) is 20.0 Å². The number of hydrogen-bond donors (Lipinski definition) is 0. The number of fused-ring (bicyclic) bond motifs is 3. The number of rotatable bonds is 2. The maximum atomic E-state index is 12.9. The van der Waals surface area contributed by atoms with E-state index in [-0.39, 0.29) is 35.1 Å². The van der Waals surface area contributed by atoms with Gasteiger partial charge < -0.3 is 32.5 Å². The molecule has 1 aliphatic rings. The van der Waals surface area contributed by atoms with Gasteiger partial charge in [0.1, 0.15) is 0 Å². The summed E-state index contributed by atoms with van der Waals surface area (Å²) in [5.41, 5.74) is 3.27. The number of hydrogen-bond acceptors (Lipinski definition) is 2. The highest BCUT2D eigenvalue weighted by Crippen LogP contribution is 2.34. The first-order valence-electron chi connectivity index (χ1n) is 7.32. The fourth-order valence-corrected chi connectivity index (χ4v) is 3.48. The van der Waals surface area contributed by atoms with E-state index in [0.29, 0.717) is 0 Å². The quantitative estimate of drug-likeness (QED) is 0.543. The van der Waals surface area contributed by atoms with E-state index in [1.54, 1.807) is 12.5 Å². The number of para-hydroxylation sites is 1. The Bertz CT molecular complexity index is 827. The summed E-state index contributed by atoms with van der Waals surface area (Å²) in [6, 6.07) is 8.19. The summed E-state index contributed by atoms with van der Waals surface area (Å²) in [5.74, 6) is 0.333. The summed E-state index contributed by atoms with van der Waals surface area (Å²) in [4.78, 5) is 17.0. The van der Waals surface area contributed by atoms with Crippen molar-refractivity contribution in [3.8, 4) is 0 Å². The highest BCUT2D eigenvalue weighted by atomic mass is 35.5. The average Bonchev–Trinajstić information content (AvgIpc) is 3.10. The summed E-state index contributed by atoms with van der Waals surface area (Å²) in [5, 5.41) is 1.09. The summed E-state index contributed by atoms with van der Waals surface area (Å²) in [7, 11) is 2.06. The molecule has 24 heavy (non-hydrogen) atoms. The first-order valence-corrected chi connectivity index (χ1v) is 7.32. The van der Waals surface area contributed by atoms with Crippen molar-refractivity contribution in [1.82, 2.24) is 14.1 Å². The zero-order valence-corrected chi connectivity index (χ0v) is 14.1. The smallest absolute Gasteiger partial charge is 0.170 e. The minimum absolute atomic E-state index is 0. The molecule has 1 aliphatic carbocycles. The molecule has 0 saturated heterocycles. The number of ketones is 1. The maximum Gasteiger partial charge on any atom is 0.170 e. The van der Waals surface area contributed by atoms with E-state index in [2.05, 4.69) is 28.7 Å². The minimum atomic E-state index is 0. The molecule has 1 unspecified atom stereocenters. The van der Waals surface area contributed by atoms with Crippen molar-refractivity contribution in [2.24, 2.45) is 13.0 Å². The van der Waals surface area contributed by atoms with Crippen LogP contribution in [0.25, 0.3) is 10.9 Å². The molecular weight excluding hydrogens is 330 g/mol. The highest BCUT2D eigenvalue weighted by molar-refractivity contribution is 6.11. The molecule has 0 spiro atoms. The molecule has 2 heterocycles. The van der Waals surface area contributed by atoms with E-state index in [9.17, 15) is 4.79 Å². The fraction of sp³-hybridized carbons (Fsp3) is 0.294. The van der Waals surface area contributed by atoms with Crippen LogP contribution in [0.5, 0.6) is 0 Å². The third-order valence-corrected chi connectivity index (χ3v) is 4.57. The van der Waals surface area contributed by atoms with E-state index in [1.807, 2.05) is 22.9 Å². The molecular formula is C17H21ClN3O3-. The topological polar surface area (TPSA) is 103 Å². The van der Waals surface area contributed by atoms with Gasteiger partial charge in [-0.15, -0.1) is 0 Å². The molecule has 0 aliphatic heterocycles. The summed E-state index contributed by atoms with van der Waals surface area (Å²) in [6.45, 7) is 0.724. The maximum absolute atomic E-state index is 12.9. The lowest BCUT2D eigenvalue weighted by atomic mass is 9.85. The largest absolute Gasteiger partial charge is 1.00 e. The Labute approximate surface area is 146 Å². The van der Waals surface area contributed by atoms with Crippen LogP contribution in [-0.4, -0.2) is 30.9 Å². The van der Waals surface area contributed by atoms with Crippen LogP contribution in [0, 0.1) is 5.92 Å². The molecule has 1 aromatic carbocycles. The number of carbonyl (C=O) groups is 1. The number of carbonyl (C=O) groups excluding carboxylic acids is 1. The lowest BCUT2D eigenvalue weighted by Crippen LogP contribution is -3.00. The van der Waals surface area contributed by atoms with E-state index in [4.69, 9.17) is 0 Å². The van der Waals surface area contributed by atoms with Crippen LogP contribution >= 0.6 is 0 Å². The Morgan fingerprint density at radius 1 is 1.25 bits per heavy atom. The van der Waals surface area contributed by atoms with Crippen molar-refractivity contribution in [2.75, 3.05) is 0 Å². The van der Waals surface area contributed by atoms with Gasteiger partial charge in [-0.1, -0.05) is 18.2 Å². The standard InChI is InChI=1S/C17H17N3O.ClH.2H2O/c1-19-14-5-3-2-4-13(14)16-15(19)7-6-12(17(16)21)10-20-9-8-18-11-20;;;/h2-5,8-9,11-12H,6-7,10H2,1H3;1H;2*1H2/p-1. The van der Waals surface area contributed by atoms with E-state index in [0.717, 1.165) is 35.9 Å². The molecule has 4 N–H and O–H groups in total. The predicted molar refractivity (Wildman–Crippen MR) is 88.5 cm³/mol. The molecule has 7 heteroatoms. The van der Waals surface area contributed by atoms with Gasteiger partial charge in [0.2, 0.25) is 0 Å². The van der Waals surface area contributed by atoms with Crippen molar-refractivity contribution >= 4 is 16.7 Å². The fourth-order valence-electron chi connectivity index (χ4n) is 3.48. The molecule has 0 amide bonds. The Morgan fingerprint density at radius 3 is 2.71 bits per heavy atom. The second kappa shape index (κ2) is 7.61. The minimum Gasteiger partial charge on any atom is -1.00 e. The number of Topliss-reactive ketones (excluding diaryl/α,β-unsaturated/α-hetero) is 1. The normalized spacial score (nSPS) is 15.9. The van der Waals surface area contributed by atoms with Gasteiger partial charge >= 0.3 is 0 Å². The highest BCUT2D eigenvalue weighted by Gasteiger charge is 2.31. The first kappa shape index (κ1) is 19.9. The van der Waals surface area contributed by atoms with Gasteiger partial charge in [-0.3, -0.25) is 4.79 Å². The number of aromatic nitrogens is 3. The molecule has 0 bridgehead atoms. The molecule has 6 nitrogen and oxygen atoms in total. The van der Waals surface area contributed by atoms with Crippen LogP contribution in [0.3, 0.4) is 0 Å². The molecule has 0 fully saturated rings. The third-order valence-electron chi connectivity index (χ3n) is 4.57. The average molecular weight is 351 g/mol. The van der Waals surface area contributed by atoms with Gasteiger partial charge in [0, 0.05) is 54.1 Å². The molecule has 3 aromatic rings. The summed E-state index contributed by atoms with van der Waals surface area (Å²) >= 11 is 0. The molecule has 1 atom stereocenters. The molecule has 0 saturated carbocycles. The van der Waals surface area contributed by atoms with Gasteiger partial charge in [-0.25, -0.2) is 4.98 Å². The SMILES string of the molecule is Cn1c2c(c3ccccc31)C(=O)C(Cn1ccnc1)CC2.O.O.[Cl-]. The monoisotopic (exact) mass is 350 g/mol. The van der Waals surface area contributed by atoms with Crippen LogP contribution in [0.2, 0.25) is 0 Å². The Morgan fingerprint density at radius 2 is 2.00 bits per heavy atom. The van der Waals surface area contributed by atoms with Crippen molar-refractivity contribution in [3.05, 3.63) is 54.2 Å². The van der Waals surface area contributed by atoms with E-state index >= 15 is 0 Å². The zero-order chi connectivity index (χ0) is 14.4. The summed E-state index contributed by atoms with van der Waals surface area (Å²) in [6.07, 6.45) is 7.34. The third kappa shape index (κ3) is 2.96. The molecule has 0 radical (unpaired) electrons. The van der Waals surface area contributed by atoms with Crippen LogP contribution in [0.15, 0.2) is 43.0 Å². The number of imidazole rings is 1. The first-order chi connectivity index (χ1) is 10.3. The molecule has 130 valence electrons. The van der Waals surface area contributed by atoms with Gasteiger partial charge in [0.25, 0.3) is 0 Å². The Balaban J connectivity index is 0.000000960. The summed E-state index contributed by atoms with van der Waals surface area (Å²) < 4.78 is 4.18. The zero-order valence-electron chi connectivity index (χ0n) is 13.4. The van der Waals surface area contributed by atoms with Crippen molar-refractivity contribution in [3.63, 3.8) is 0 Å². The lowest BCUT2D eigenvalue weighted by molar-refractivity contribution is -0.0000150. The number of halogens is 1. The Hall–Kier alpha value is -2.15. The number of benzene rings is 1. The van der Waals surface area contributed by atoms with Gasteiger partial charge in [0.15, 0.2) is 5.78 Å². The van der Waals surface area contributed by atoms with Crippen LogP contribution in [0.4, 0.5) is 0 Å². The lowest BCUT2D eigenvalue weighted by Gasteiger charge is -2.22. The number of aryl methyl sites for hydroxylation is 1.